The quantitative estimate of drug-likeness (QED) is 0.145. The van der Waals surface area contributed by atoms with E-state index in [0.717, 1.165) is 0 Å². The summed E-state index contributed by atoms with van der Waals surface area (Å²) in [6, 6.07) is 82.0. The smallest absolute Gasteiger partial charge is 0.00987 e. The first-order chi connectivity index (χ1) is 29.8. The average Bonchev–Trinajstić information content (AvgIpc) is 3.32. The van der Waals surface area contributed by atoms with Gasteiger partial charge in [0.05, 0.1) is 0 Å². The Hall–Kier alpha value is -7.80. The minimum atomic E-state index is 1.24. The Morgan fingerprint density at radius 3 is 0.267 bits per heavy atom. The van der Waals surface area contributed by atoms with Crippen molar-refractivity contribution >= 4 is 64.6 Å². The molecule has 13 rings (SSSR count). The van der Waals surface area contributed by atoms with Crippen LogP contribution < -0.4 is 0 Å². The van der Waals surface area contributed by atoms with Crippen molar-refractivity contribution in [2.75, 3.05) is 0 Å². The third-order valence-electron chi connectivity index (χ3n) is 13.3. The first-order valence-corrected chi connectivity index (χ1v) is 20.9. The van der Waals surface area contributed by atoms with Gasteiger partial charge in [-0.25, -0.2) is 0 Å². The van der Waals surface area contributed by atoms with Crippen molar-refractivity contribution in [3.63, 3.8) is 0 Å². The van der Waals surface area contributed by atoms with E-state index < -0.39 is 0 Å². The van der Waals surface area contributed by atoms with Crippen LogP contribution in [-0.2, 0) is 0 Å². The molecule has 0 N–H and O–H groups in total. The van der Waals surface area contributed by atoms with E-state index in [1.807, 2.05) is 0 Å². The van der Waals surface area contributed by atoms with Gasteiger partial charge < -0.3 is 0 Å². The molecule has 0 amide bonds. The van der Waals surface area contributed by atoms with Gasteiger partial charge in [-0.1, -0.05) is 218 Å². The number of hydrogen-bond donors (Lipinski definition) is 0. The molecule has 0 aromatic heterocycles. The molecule has 12 aromatic rings. The van der Waals surface area contributed by atoms with Gasteiger partial charge in [0, 0.05) is 0 Å². The average molecular weight is 757 g/mol. The molecule has 276 valence electrons. The van der Waals surface area contributed by atoms with E-state index in [2.05, 4.69) is 218 Å². The minimum Gasteiger partial charge on any atom is -0.0616 e. The topological polar surface area (TPSA) is 0 Å². The van der Waals surface area contributed by atoms with Gasteiger partial charge in [-0.2, -0.15) is 0 Å². The van der Waals surface area contributed by atoms with Crippen molar-refractivity contribution in [1.82, 2.24) is 0 Å². The molecule has 60 heavy (non-hydrogen) atoms. The fraction of sp³-hybridized carbons (Fsp3) is 0. The number of fused-ring (bicyclic) bond motifs is 6. The summed E-state index contributed by atoms with van der Waals surface area (Å²) in [7, 11) is 0. The second kappa shape index (κ2) is 12.9. The van der Waals surface area contributed by atoms with Crippen LogP contribution in [0.4, 0.5) is 0 Å². The third kappa shape index (κ3) is 4.73. The summed E-state index contributed by atoms with van der Waals surface area (Å²) < 4.78 is 0. The summed E-state index contributed by atoms with van der Waals surface area (Å²) in [5, 5.41) is 15.1. The third-order valence-corrected chi connectivity index (χ3v) is 13.3. The highest BCUT2D eigenvalue weighted by atomic mass is 14.2. The lowest BCUT2D eigenvalue weighted by atomic mass is 9.83. The minimum absolute atomic E-state index is 1.24. The molecule has 0 saturated carbocycles. The Balaban J connectivity index is 1.18. The summed E-state index contributed by atoms with van der Waals surface area (Å²) in [6.07, 6.45) is 0. The maximum absolute atomic E-state index is 2.35. The SMILES string of the molecule is c1ccc2c3ccc(c2c1)-c1ccc(c2ccccc12)-c1ccc(c2ccccc12)-c1ccc(c2ccccc12)-c1ccc(c2ccccc12)-c1ccc-3c2ccccc12. The van der Waals surface area contributed by atoms with Gasteiger partial charge in [0.15, 0.2) is 0 Å². The molecule has 0 fully saturated rings. The Kier molecular flexibility index (Phi) is 7.11. The lowest BCUT2D eigenvalue weighted by Gasteiger charge is -2.20. The lowest BCUT2D eigenvalue weighted by Crippen LogP contribution is -1.93. The van der Waals surface area contributed by atoms with Crippen LogP contribution in [0.15, 0.2) is 218 Å². The van der Waals surface area contributed by atoms with Crippen molar-refractivity contribution in [1.29, 1.82) is 0 Å². The summed E-state index contributed by atoms with van der Waals surface area (Å²) in [6.45, 7) is 0. The fourth-order valence-electron chi connectivity index (χ4n) is 10.6. The molecule has 0 aliphatic heterocycles. The zero-order valence-corrected chi connectivity index (χ0v) is 32.8. The van der Waals surface area contributed by atoms with Crippen molar-refractivity contribution in [3.8, 4) is 66.8 Å². The Morgan fingerprint density at radius 2 is 0.183 bits per heavy atom. The molecule has 0 saturated heterocycles. The van der Waals surface area contributed by atoms with E-state index in [1.54, 1.807) is 0 Å². The second-order valence-corrected chi connectivity index (χ2v) is 16.2. The van der Waals surface area contributed by atoms with Crippen LogP contribution in [-0.4, -0.2) is 0 Å². The zero-order valence-electron chi connectivity index (χ0n) is 32.8. The van der Waals surface area contributed by atoms with E-state index in [9.17, 15) is 0 Å². The van der Waals surface area contributed by atoms with Gasteiger partial charge in [-0.3, -0.25) is 0 Å². The highest BCUT2D eigenvalue weighted by Gasteiger charge is 2.20. The largest absolute Gasteiger partial charge is 0.0616 e. The van der Waals surface area contributed by atoms with E-state index in [-0.39, 0.29) is 0 Å². The molecule has 0 radical (unpaired) electrons. The highest BCUT2D eigenvalue weighted by Crippen LogP contribution is 2.48. The van der Waals surface area contributed by atoms with E-state index in [0.29, 0.717) is 0 Å². The van der Waals surface area contributed by atoms with E-state index >= 15 is 0 Å². The van der Waals surface area contributed by atoms with Gasteiger partial charge in [-0.05, 0) is 131 Å². The van der Waals surface area contributed by atoms with Crippen LogP contribution in [0.5, 0.6) is 0 Å². The predicted molar refractivity (Wildman–Crippen MR) is 258 cm³/mol. The van der Waals surface area contributed by atoms with E-state index in [4.69, 9.17) is 0 Å². The standard InChI is InChI=1S/C60H36/c1-2-14-38-37(13-1)49-25-26-50(38)52-29-30-54(42-18-6-5-17-41(42)52)56-33-34-58(46-22-10-9-21-45(46)56)60-36-35-59(47-23-11-12-24-48(47)60)57-32-31-55(43-19-7-8-20-44(43)57)53-28-27-51(49)39-15-3-4-16-40(39)53/h1-36H. The van der Waals surface area contributed by atoms with Gasteiger partial charge in [0.25, 0.3) is 0 Å². The predicted octanol–water partition coefficient (Wildman–Crippen LogP) is 16.9. The lowest BCUT2D eigenvalue weighted by molar-refractivity contribution is 1.63. The molecule has 0 nitrogen and oxygen atoms in total. The molecule has 0 atom stereocenters. The van der Waals surface area contributed by atoms with Crippen LogP contribution in [0.25, 0.3) is 131 Å². The van der Waals surface area contributed by atoms with Gasteiger partial charge in [0.2, 0.25) is 0 Å². The Labute approximate surface area is 348 Å². The molecule has 0 heterocycles. The first kappa shape index (κ1) is 33.2. The molecule has 0 heteroatoms. The second-order valence-electron chi connectivity index (χ2n) is 16.2. The molecule has 0 unspecified atom stereocenters. The summed E-state index contributed by atoms with van der Waals surface area (Å²) in [5.74, 6) is 0. The molecule has 1 aliphatic rings. The number of hydrogen-bond acceptors (Lipinski definition) is 0. The zero-order chi connectivity index (χ0) is 39.3. The highest BCUT2D eigenvalue weighted by molar-refractivity contribution is 6.20. The van der Waals surface area contributed by atoms with Crippen molar-refractivity contribution < 1.29 is 0 Å². The molecular formula is C60H36. The van der Waals surface area contributed by atoms with Crippen molar-refractivity contribution in [3.05, 3.63) is 218 Å². The molecule has 0 spiro atoms. The summed E-state index contributed by atoms with van der Waals surface area (Å²) >= 11 is 0. The van der Waals surface area contributed by atoms with Crippen LogP contribution in [0.2, 0.25) is 0 Å². The molecular weight excluding hydrogens is 721 g/mol. The monoisotopic (exact) mass is 756 g/mol. The molecule has 12 bridgehead atoms. The fourth-order valence-corrected chi connectivity index (χ4v) is 10.6. The normalized spacial score (nSPS) is 12.0. The van der Waals surface area contributed by atoms with Crippen LogP contribution in [0.3, 0.4) is 0 Å². The Morgan fingerprint density at radius 1 is 0.100 bits per heavy atom. The summed E-state index contributed by atoms with van der Waals surface area (Å²) in [4.78, 5) is 0. The Bertz CT molecular complexity index is 2880. The van der Waals surface area contributed by atoms with Crippen LogP contribution in [0, 0.1) is 0 Å². The van der Waals surface area contributed by atoms with E-state index in [1.165, 1.54) is 131 Å². The summed E-state index contributed by atoms with van der Waals surface area (Å²) in [5.41, 5.74) is 14.9. The van der Waals surface area contributed by atoms with Crippen LogP contribution >= 0.6 is 0 Å². The van der Waals surface area contributed by atoms with Gasteiger partial charge in [0.1, 0.15) is 0 Å². The molecule has 1 aliphatic carbocycles. The maximum Gasteiger partial charge on any atom is -0.00987 e. The van der Waals surface area contributed by atoms with Crippen molar-refractivity contribution in [2.24, 2.45) is 0 Å². The maximum atomic E-state index is 2.35. The number of rotatable bonds is 0. The first-order valence-electron chi connectivity index (χ1n) is 20.9. The van der Waals surface area contributed by atoms with Crippen molar-refractivity contribution in [2.45, 2.75) is 0 Å². The van der Waals surface area contributed by atoms with Crippen LogP contribution in [0.1, 0.15) is 0 Å². The molecule has 12 aromatic carbocycles. The number of benzene rings is 12. The van der Waals surface area contributed by atoms with Gasteiger partial charge in [-0.15, -0.1) is 0 Å². The van der Waals surface area contributed by atoms with Gasteiger partial charge >= 0.3 is 0 Å².